The largest absolute Gasteiger partial charge is 0.465 e. The minimum absolute atomic E-state index is 0.0162. The summed E-state index contributed by atoms with van der Waals surface area (Å²) < 4.78 is 11.6. The van der Waals surface area contributed by atoms with Crippen LogP contribution in [0.25, 0.3) is 0 Å². The summed E-state index contributed by atoms with van der Waals surface area (Å²) in [6.07, 6.45) is 36.4. The van der Waals surface area contributed by atoms with Crippen LogP contribution in [0.3, 0.4) is 0 Å². The molecule has 1 N–H and O–H groups in total. The number of hydrogen-bond acceptors (Lipinski definition) is 7. The fourth-order valence-electron chi connectivity index (χ4n) is 9.34. The van der Waals surface area contributed by atoms with E-state index in [1.165, 1.54) is 134 Å². The van der Waals surface area contributed by atoms with E-state index in [1.807, 2.05) is 0 Å². The van der Waals surface area contributed by atoms with E-state index < -0.39 is 0 Å². The maximum absolute atomic E-state index is 12.9. The van der Waals surface area contributed by atoms with Crippen LogP contribution in [-0.2, 0) is 19.1 Å². The average Bonchev–Trinajstić information content (AvgIpc) is 3.26. The van der Waals surface area contributed by atoms with Gasteiger partial charge in [0, 0.05) is 38.5 Å². The Balaban J connectivity index is 1.77. The number of carbonyl (C=O) groups excluding carboxylic acids is 2. The van der Waals surface area contributed by atoms with Gasteiger partial charge < -0.3 is 19.5 Å². The van der Waals surface area contributed by atoms with Crippen molar-refractivity contribution < 1.29 is 24.2 Å². The minimum Gasteiger partial charge on any atom is -0.465 e. The minimum atomic E-state index is -0.0461. The summed E-state index contributed by atoms with van der Waals surface area (Å²) in [7, 11) is 0. The highest BCUT2D eigenvalue weighted by atomic mass is 16.5. The van der Waals surface area contributed by atoms with Gasteiger partial charge in [0.2, 0.25) is 0 Å². The first-order valence-corrected chi connectivity index (χ1v) is 26.8. The molecule has 0 heterocycles. The van der Waals surface area contributed by atoms with Crippen LogP contribution in [0, 0.1) is 11.8 Å². The first-order chi connectivity index (χ1) is 30.4. The number of benzene rings is 1. The van der Waals surface area contributed by atoms with Crippen LogP contribution in [0.15, 0.2) is 30.3 Å². The fraction of sp³-hybridized carbons (Fsp3) is 0.855. The van der Waals surface area contributed by atoms with Gasteiger partial charge in [-0.2, -0.15) is 0 Å². The third kappa shape index (κ3) is 29.5. The Morgan fingerprint density at radius 2 is 1.03 bits per heavy atom. The first-order valence-electron chi connectivity index (χ1n) is 26.8. The van der Waals surface area contributed by atoms with Gasteiger partial charge in [0.1, 0.15) is 0 Å². The molecule has 0 spiro atoms. The molecule has 1 atom stereocenters. The van der Waals surface area contributed by atoms with Crippen molar-refractivity contribution in [3.05, 3.63) is 35.9 Å². The zero-order chi connectivity index (χ0) is 44.7. The lowest BCUT2D eigenvalue weighted by molar-refractivity contribution is -0.146. The van der Waals surface area contributed by atoms with Crippen molar-refractivity contribution in [1.29, 1.82) is 0 Å². The smallest absolute Gasteiger partial charge is 0.305 e. The summed E-state index contributed by atoms with van der Waals surface area (Å²) in [6.45, 7) is 15.0. The number of aliphatic hydroxyl groups excluding tert-OH is 1. The van der Waals surface area contributed by atoms with E-state index in [-0.39, 0.29) is 18.5 Å². The predicted octanol–water partition coefficient (Wildman–Crippen LogP) is 14.2. The normalized spacial score (nSPS) is 15.7. The van der Waals surface area contributed by atoms with Crippen molar-refractivity contribution in [3.8, 4) is 0 Å². The van der Waals surface area contributed by atoms with E-state index in [0.29, 0.717) is 49.9 Å². The van der Waals surface area contributed by atoms with Gasteiger partial charge in [-0.25, -0.2) is 0 Å². The van der Waals surface area contributed by atoms with Crippen molar-refractivity contribution in [1.82, 2.24) is 9.80 Å². The molecule has 0 aliphatic heterocycles. The summed E-state index contributed by atoms with van der Waals surface area (Å²) >= 11 is 0. The molecule has 1 aliphatic rings. The van der Waals surface area contributed by atoms with Gasteiger partial charge in [-0.15, -0.1) is 0 Å². The third-order valence-electron chi connectivity index (χ3n) is 13.7. The van der Waals surface area contributed by atoms with Crippen molar-refractivity contribution in [3.63, 3.8) is 0 Å². The lowest BCUT2D eigenvalue weighted by Gasteiger charge is -2.44. The van der Waals surface area contributed by atoms with E-state index in [4.69, 9.17) is 9.47 Å². The van der Waals surface area contributed by atoms with Crippen molar-refractivity contribution in [2.24, 2.45) is 11.8 Å². The molecule has 1 aromatic rings. The molecule has 1 aliphatic carbocycles. The quantitative estimate of drug-likeness (QED) is 0.0517. The first kappa shape index (κ1) is 56.2. The zero-order valence-electron chi connectivity index (χ0n) is 41.2. The molecule has 62 heavy (non-hydrogen) atoms. The molecule has 0 bridgehead atoms. The number of ether oxygens (including phenoxy) is 2. The summed E-state index contributed by atoms with van der Waals surface area (Å²) in [5.41, 5.74) is 1.44. The standard InChI is InChI=1S/C55H100N2O5/c1-5-8-11-14-17-23-32-49(4)47-61-54(59)37-28-21-30-39-56(41-42-57(43-44-58)53-45-52(46-53)51-35-26-20-27-36-51)40-31-22-29-38-55(60)62-48-50(33-24-18-15-12-9-6-2)34-25-19-16-13-10-7-3/h20,26-27,35-36,49-50,52-53,58H,5-19,21-25,28-34,37-48H2,1-4H3. The maximum Gasteiger partial charge on any atom is 0.305 e. The molecule has 360 valence electrons. The van der Waals surface area contributed by atoms with E-state index in [1.54, 1.807) is 0 Å². The van der Waals surface area contributed by atoms with Crippen molar-refractivity contribution >= 4 is 11.9 Å². The highest BCUT2D eigenvalue weighted by Gasteiger charge is 2.34. The van der Waals surface area contributed by atoms with Gasteiger partial charge in [-0.05, 0) is 94.2 Å². The number of carbonyl (C=O) groups is 2. The van der Waals surface area contributed by atoms with E-state index in [0.717, 1.165) is 90.5 Å². The van der Waals surface area contributed by atoms with Crippen LogP contribution in [0.5, 0.6) is 0 Å². The lowest BCUT2D eigenvalue weighted by atomic mass is 9.75. The maximum atomic E-state index is 12.9. The number of esters is 2. The molecule has 0 radical (unpaired) electrons. The van der Waals surface area contributed by atoms with Gasteiger partial charge >= 0.3 is 11.9 Å². The van der Waals surface area contributed by atoms with E-state index in [9.17, 15) is 14.7 Å². The summed E-state index contributed by atoms with van der Waals surface area (Å²) in [5, 5.41) is 9.97. The molecule has 2 rings (SSSR count). The Morgan fingerprint density at radius 1 is 0.565 bits per heavy atom. The monoisotopic (exact) mass is 869 g/mol. The number of unbranched alkanes of at least 4 members (excludes halogenated alkanes) is 19. The Hall–Kier alpha value is -1.96. The highest BCUT2D eigenvalue weighted by Crippen LogP contribution is 2.39. The molecular formula is C55H100N2O5. The molecule has 0 saturated heterocycles. The number of hydrogen-bond donors (Lipinski definition) is 1. The molecule has 1 unspecified atom stereocenters. The molecule has 1 saturated carbocycles. The molecule has 0 aromatic heterocycles. The molecular weight excluding hydrogens is 769 g/mol. The second kappa shape index (κ2) is 39.4. The van der Waals surface area contributed by atoms with Crippen LogP contribution in [-0.4, -0.2) is 85.4 Å². The summed E-state index contributed by atoms with van der Waals surface area (Å²) in [6, 6.07) is 11.4. The molecule has 7 nitrogen and oxygen atoms in total. The van der Waals surface area contributed by atoms with Gasteiger partial charge in [-0.1, -0.05) is 186 Å². The summed E-state index contributed by atoms with van der Waals surface area (Å²) in [4.78, 5) is 30.6. The van der Waals surface area contributed by atoms with Crippen LogP contribution < -0.4 is 0 Å². The predicted molar refractivity (Wildman–Crippen MR) is 263 cm³/mol. The lowest BCUT2D eigenvalue weighted by Crippen LogP contribution is -2.48. The Morgan fingerprint density at radius 3 is 1.55 bits per heavy atom. The molecule has 1 aromatic carbocycles. The highest BCUT2D eigenvalue weighted by molar-refractivity contribution is 5.69. The Labute approximate surface area is 383 Å². The van der Waals surface area contributed by atoms with Gasteiger partial charge in [0.25, 0.3) is 0 Å². The number of rotatable bonds is 44. The second-order valence-corrected chi connectivity index (χ2v) is 19.5. The SMILES string of the molecule is CCCCCCCCC(C)COC(=O)CCCCCN(CCCCCC(=O)OCC(CCCCCCCC)CCCCCCCC)CCN(CCO)C1CC(c2ccccc2)C1. The topological polar surface area (TPSA) is 79.3 Å². The van der Waals surface area contributed by atoms with Crippen LogP contribution >= 0.6 is 0 Å². The zero-order valence-corrected chi connectivity index (χ0v) is 41.2. The molecule has 1 fully saturated rings. The second-order valence-electron chi connectivity index (χ2n) is 19.5. The number of aliphatic hydroxyl groups is 1. The Bertz CT molecular complexity index is 1140. The van der Waals surface area contributed by atoms with E-state index in [2.05, 4.69) is 67.8 Å². The van der Waals surface area contributed by atoms with Crippen LogP contribution in [0.1, 0.15) is 238 Å². The summed E-state index contributed by atoms with van der Waals surface area (Å²) in [5.74, 6) is 1.50. The van der Waals surface area contributed by atoms with Gasteiger partial charge in [-0.3, -0.25) is 14.5 Å². The fourth-order valence-corrected chi connectivity index (χ4v) is 9.34. The molecule has 0 amide bonds. The van der Waals surface area contributed by atoms with Gasteiger partial charge in [0.05, 0.1) is 19.8 Å². The molecule has 7 heteroatoms. The van der Waals surface area contributed by atoms with E-state index >= 15 is 0 Å². The van der Waals surface area contributed by atoms with Crippen LogP contribution in [0.4, 0.5) is 0 Å². The van der Waals surface area contributed by atoms with Crippen LogP contribution in [0.2, 0.25) is 0 Å². The van der Waals surface area contributed by atoms with Crippen molar-refractivity contribution in [2.75, 3.05) is 52.5 Å². The number of nitrogens with zero attached hydrogens (tertiary/aromatic N) is 2. The third-order valence-corrected chi connectivity index (χ3v) is 13.7. The van der Waals surface area contributed by atoms with Gasteiger partial charge in [0.15, 0.2) is 0 Å². The Kier molecular flexibility index (Phi) is 35.7. The van der Waals surface area contributed by atoms with Crippen molar-refractivity contribution in [2.45, 2.75) is 239 Å². The average molecular weight is 869 g/mol.